The predicted molar refractivity (Wildman–Crippen MR) is 89.5 cm³/mol. The van der Waals surface area contributed by atoms with Gasteiger partial charge in [0, 0.05) is 16.1 Å². The Bertz CT molecular complexity index is 714. The van der Waals surface area contributed by atoms with E-state index < -0.39 is 0 Å². The predicted octanol–water partition coefficient (Wildman–Crippen LogP) is 3.82. The van der Waals surface area contributed by atoms with Crippen LogP contribution in [0.5, 0.6) is 0 Å². The van der Waals surface area contributed by atoms with E-state index in [4.69, 9.17) is 0 Å². The standard InChI is InChI=1S/C19H17NOS/c1-18-11-7-3-5-9-13(11)19(2,14-10-6-4-8-12(14)18)16-15(18)20-17(21)22-16/h3-10,15-16H,1-2H3,(H,20,21)/t15-,16+,18?,19?/m1/s1. The van der Waals surface area contributed by atoms with E-state index in [0.29, 0.717) is 0 Å². The minimum absolute atomic E-state index is 0.112. The lowest BCUT2D eigenvalue weighted by molar-refractivity contribution is 0.241. The summed E-state index contributed by atoms with van der Waals surface area (Å²) in [5, 5.41) is 3.64. The summed E-state index contributed by atoms with van der Waals surface area (Å²) in [7, 11) is 0. The largest absolute Gasteiger partial charge is 0.342 e. The summed E-state index contributed by atoms with van der Waals surface area (Å²) in [6, 6.07) is 17.7. The van der Waals surface area contributed by atoms with Crippen molar-refractivity contribution in [3.05, 3.63) is 70.8 Å². The number of rotatable bonds is 0. The van der Waals surface area contributed by atoms with E-state index in [0.717, 1.165) is 0 Å². The first-order valence-corrected chi connectivity index (χ1v) is 8.63. The van der Waals surface area contributed by atoms with Gasteiger partial charge in [-0.25, -0.2) is 0 Å². The minimum Gasteiger partial charge on any atom is -0.342 e. The molecule has 1 saturated heterocycles. The third kappa shape index (κ3) is 1.17. The van der Waals surface area contributed by atoms with Gasteiger partial charge in [-0.2, -0.15) is 0 Å². The zero-order valence-corrected chi connectivity index (χ0v) is 13.4. The molecule has 2 bridgehead atoms. The molecule has 0 aromatic heterocycles. The van der Waals surface area contributed by atoms with Crippen LogP contribution in [0.3, 0.4) is 0 Å². The molecule has 3 heteroatoms. The zero-order chi connectivity index (χ0) is 15.1. The van der Waals surface area contributed by atoms with Crippen molar-refractivity contribution in [1.29, 1.82) is 0 Å². The first-order valence-electron chi connectivity index (χ1n) is 7.75. The summed E-state index contributed by atoms with van der Waals surface area (Å²) in [6.07, 6.45) is 0. The van der Waals surface area contributed by atoms with Crippen molar-refractivity contribution in [3.63, 3.8) is 0 Å². The molecule has 0 spiro atoms. The van der Waals surface area contributed by atoms with E-state index in [1.807, 2.05) is 0 Å². The van der Waals surface area contributed by atoms with Gasteiger partial charge in [0.1, 0.15) is 0 Å². The lowest BCUT2D eigenvalue weighted by Gasteiger charge is -2.58. The molecule has 2 nitrogen and oxygen atoms in total. The third-order valence-corrected chi connectivity index (χ3v) is 7.42. The van der Waals surface area contributed by atoms with Crippen LogP contribution < -0.4 is 5.32 Å². The van der Waals surface area contributed by atoms with Crippen LogP contribution in [0.2, 0.25) is 0 Å². The highest BCUT2D eigenvalue weighted by atomic mass is 32.2. The Balaban J connectivity index is 1.95. The fourth-order valence-electron chi connectivity index (χ4n) is 5.03. The number of thioether (sulfide) groups is 1. The molecule has 1 aliphatic heterocycles. The van der Waals surface area contributed by atoms with E-state index >= 15 is 0 Å². The molecule has 0 unspecified atom stereocenters. The van der Waals surface area contributed by atoms with Crippen molar-refractivity contribution >= 4 is 17.0 Å². The molecule has 22 heavy (non-hydrogen) atoms. The molecule has 1 heterocycles. The Hall–Kier alpha value is -1.74. The van der Waals surface area contributed by atoms with Gasteiger partial charge in [-0.3, -0.25) is 4.79 Å². The maximum absolute atomic E-state index is 12.2. The monoisotopic (exact) mass is 307 g/mol. The van der Waals surface area contributed by atoms with Crippen LogP contribution in [0.4, 0.5) is 4.79 Å². The van der Waals surface area contributed by atoms with E-state index in [-0.39, 0.29) is 27.4 Å². The molecule has 2 aromatic carbocycles. The Morgan fingerprint density at radius 3 is 1.82 bits per heavy atom. The van der Waals surface area contributed by atoms with Crippen LogP contribution in [-0.2, 0) is 10.8 Å². The number of hydrogen-bond donors (Lipinski definition) is 1. The van der Waals surface area contributed by atoms with Crippen molar-refractivity contribution < 1.29 is 4.79 Å². The van der Waals surface area contributed by atoms with Gasteiger partial charge in [0.05, 0.1) is 6.04 Å². The minimum atomic E-state index is -0.144. The van der Waals surface area contributed by atoms with E-state index in [1.165, 1.54) is 34.0 Å². The van der Waals surface area contributed by atoms with E-state index in [9.17, 15) is 4.79 Å². The van der Waals surface area contributed by atoms with Gasteiger partial charge in [0.2, 0.25) is 0 Å². The number of carbonyl (C=O) groups excluding carboxylic acids is 1. The van der Waals surface area contributed by atoms with Crippen LogP contribution in [0.15, 0.2) is 48.5 Å². The molecule has 1 fully saturated rings. The second-order valence-electron chi connectivity index (χ2n) is 6.94. The van der Waals surface area contributed by atoms with Crippen LogP contribution in [-0.4, -0.2) is 16.5 Å². The van der Waals surface area contributed by atoms with Crippen molar-refractivity contribution in [1.82, 2.24) is 5.32 Å². The summed E-state index contributed by atoms with van der Waals surface area (Å²) in [5.74, 6) is 0. The Morgan fingerprint density at radius 2 is 1.32 bits per heavy atom. The normalized spacial score (nSPS) is 37.3. The molecule has 1 N–H and O–H groups in total. The Kier molecular flexibility index (Phi) is 2.19. The lowest BCUT2D eigenvalue weighted by atomic mass is 9.48. The molecule has 2 aromatic rings. The fourth-order valence-corrected chi connectivity index (χ4v) is 6.42. The van der Waals surface area contributed by atoms with Gasteiger partial charge < -0.3 is 5.32 Å². The molecular formula is C19H17NOS. The maximum Gasteiger partial charge on any atom is 0.279 e. The molecule has 1 amide bonds. The summed E-state index contributed by atoms with van der Waals surface area (Å²) in [6.45, 7) is 4.61. The topological polar surface area (TPSA) is 29.1 Å². The van der Waals surface area contributed by atoms with Crippen LogP contribution >= 0.6 is 11.8 Å². The van der Waals surface area contributed by atoms with E-state index in [2.05, 4.69) is 67.7 Å². The number of amides is 1. The number of carbonyl (C=O) groups is 1. The van der Waals surface area contributed by atoms with Crippen molar-refractivity contribution in [2.24, 2.45) is 0 Å². The molecule has 110 valence electrons. The van der Waals surface area contributed by atoms with Crippen molar-refractivity contribution in [2.75, 3.05) is 0 Å². The van der Waals surface area contributed by atoms with Crippen LogP contribution in [0.25, 0.3) is 0 Å². The Labute approximate surface area is 134 Å². The van der Waals surface area contributed by atoms with Gasteiger partial charge in [-0.15, -0.1) is 0 Å². The summed E-state index contributed by atoms with van der Waals surface area (Å²) < 4.78 is 0. The fraction of sp³-hybridized carbons (Fsp3) is 0.316. The van der Waals surface area contributed by atoms with Crippen LogP contribution in [0.1, 0.15) is 36.1 Å². The number of nitrogens with one attached hydrogen (secondary N) is 1. The SMILES string of the molecule is CC12c3ccccc3C(C)(c3ccccc31)[C@H]1SC(=O)N[C@H]12. The third-order valence-electron chi connectivity index (χ3n) is 6.09. The highest BCUT2D eigenvalue weighted by Crippen LogP contribution is 2.63. The highest BCUT2D eigenvalue weighted by molar-refractivity contribution is 8.14. The second kappa shape index (κ2) is 3.77. The molecule has 2 atom stereocenters. The van der Waals surface area contributed by atoms with E-state index in [1.54, 1.807) is 0 Å². The number of benzene rings is 2. The molecule has 4 aliphatic rings. The average molecular weight is 307 g/mol. The zero-order valence-electron chi connectivity index (χ0n) is 12.6. The Morgan fingerprint density at radius 1 is 0.864 bits per heavy atom. The van der Waals surface area contributed by atoms with Gasteiger partial charge in [0.25, 0.3) is 5.24 Å². The maximum atomic E-state index is 12.2. The molecule has 3 aliphatic carbocycles. The van der Waals surface area contributed by atoms with Crippen molar-refractivity contribution in [3.8, 4) is 0 Å². The lowest BCUT2D eigenvalue weighted by Crippen LogP contribution is -2.64. The van der Waals surface area contributed by atoms with Crippen LogP contribution in [0, 0.1) is 0 Å². The second-order valence-corrected chi connectivity index (χ2v) is 8.06. The quantitative estimate of drug-likeness (QED) is 0.801. The molecule has 0 radical (unpaired) electrons. The molecule has 0 saturated carbocycles. The molecule has 6 rings (SSSR count). The summed E-state index contributed by atoms with van der Waals surface area (Å²) >= 11 is 1.49. The first kappa shape index (κ1) is 12.8. The molecular weight excluding hydrogens is 290 g/mol. The van der Waals surface area contributed by atoms with Gasteiger partial charge >= 0.3 is 0 Å². The smallest absolute Gasteiger partial charge is 0.279 e. The average Bonchev–Trinajstić information content (AvgIpc) is 2.95. The van der Waals surface area contributed by atoms with Crippen molar-refractivity contribution in [2.45, 2.75) is 36.0 Å². The summed E-state index contributed by atoms with van der Waals surface area (Å²) in [5.41, 5.74) is 5.28. The first-order chi connectivity index (χ1) is 10.6. The van der Waals surface area contributed by atoms with Gasteiger partial charge in [-0.1, -0.05) is 67.2 Å². The van der Waals surface area contributed by atoms with Gasteiger partial charge in [0.15, 0.2) is 0 Å². The van der Waals surface area contributed by atoms with Gasteiger partial charge in [-0.05, 0) is 29.2 Å². The highest BCUT2D eigenvalue weighted by Gasteiger charge is 2.65. The summed E-state index contributed by atoms with van der Waals surface area (Å²) in [4.78, 5) is 12.2. The number of hydrogen-bond acceptors (Lipinski definition) is 2.